The van der Waals surface area contributed by atoms with Crippen molar-refractivity contribution in [3.8, 4) is 11.1 Å². The molecule has 0 N–H and O–H groups in total. The van der Waals surface area contributed by atoms with Gasteiger partial charge in [-0.3, -0.25) is 6.08 Å². The average Bonchev–Trinajstić information content (AvgIpc) is 3.15. The Hall–Kier alpha value is 0.250. The second-order valence-electron chi connectivity index (χ2n) is 5.45. The van der Waals surface area contributed by atoms with Crippen molar-refractivity contribution >= 4 is 0 Å². The minimum atomic E-state index is 0. The first-order chi connectivity index (χ1) is 10.4. The van der Waals surface area contributed by atoms with Crippen molar-refractivity contribution in [3.05, 3.63) is 83.5 Å². The van der Waals surface area contributed by atoms with Crippen LogP contribution in [0.1, 0.15) is 37.3 Å². The zero-order valence-corrected chi connectivity index (χ0v) is 21.7. The fraction of sp³-hybridized carbons (Fsp3) is 0.238. The van der Waals surface area contributed by atoms with Gasteiger partial charge >= 0.3 is 25.8 Å². The predicted octanol–water partition coefficient (Wildman–Crippen LogP) is -0.461. The maximum atomic E-state index is 3.30. The first kappa shape index (κ1) is 24.3. The second kappa shape index (κ2) is 12.6. The molecule has 0 saturated carbocycles. The standard InChI is InChI=1S/C13H9.C8H11.Hf.2HI/c1-3-7-12-10(5-1)9-11-6-2-4-8-13(11)12;1-2-5-8-6-3-4-7-8;;;/h1-5,7-8H,9H2;3,6H,2,4-5H2,1H3;;2*1H/q2*-1;+4;;/p-2. The van der Waals surface area contributed by atoms with Gasteiger partial charge in [0.15, 0.2) is 0 Å². The Balaban J connectivity index is 0.000000429. The molecular weight excluding hydrogens is 685 g/mol. The van der Waals surface area contributed by atoms with E-state index in [4.69, 9.17) is 0 Å². The van der Waals surface area contributed by atoms with Crippen molar-refractivity contribution in [1.29, 1.82) is 0 Å². The van der Waals surface area contributed by atoms with Gasteiger partial charge in [0.1, 0.15) is 0 Å². The Morgan fingerprint density at radius 3 is 2.46 bits per heavy atom. The third-order valence-electron chi connectivity index (χ3n) is 3.90. The Morgan fingerprint density at radius 2 is 1.75 bits per heavy atom. The molecule has 2 aliphatic rings. The fourth-order valence-corrected chi connectivity index (χ4v) is 2.89. The molecule has 0 saturated heterocycles. The summed E-state index contributed by atoms with van der Waals surface area (Å²) in [4.78, 5) is 0. The van der Waals surface area contributed by atoms with Crippen molar-refractivity contribution in [1.82, 2.24) is 0 Å². The van der Waals surface area contributed by atoms with Gasteiger partial charge in [0, 0.05) is 0 Å². The Morgan fingerprint density at radius 1 is 1.00 bits per heavy atom. The summed E-state index contributed by atoms with van der Waals surface area (Å²) in [6.07, 6.45) is 12.1. The van der Waals surface area contributed by atoms with E-state index in [-0.39, 0.29) is 73.8 Å². The number of rotatable bonds is 2. The van der Waals surface area contributed by atoms with Gasteiger partial charge in [0.05, 0.1) is 0 Å². The van der Waals surface area contributed by atoms with E-state index in [1.807, 2.05) is 6.07 Å². The largest absolute Gasteiger partial charge is 4.00 e. The minimum Gasteiger partial charge on any atom is -1.00 e. The summed E-state index contributed by atoms with van der Waals surface area (Å²) >= 11 is 0. The van der Waals surface area contributed by atoms with E-state index in [1.54, 1.807) is 0 Å². The van der Waals surface area contributed by atoms with Crippen LogP contribution in [-0.2, 0) is 32.3 Å². The van der Waals surface area contributed by atoms with Crippen LogP contribution in [0.3, 0.4) is 0 Å². The number of hydrogen-bond acceptors (Lipinski definition) is 0. The van der Waals surface area contributed by atoms with E-state index >= 15 is 0 Å². The molecule has 0 atom stereocenters. The minimum absolute atomic E-state index is 0. The molecule has 0 unspecified atom stereocenters. The second-order valence-corrected chi connectivity index (χ2v) is 5.45. The number of allylic oxidation sites excluding steroid dienone is 4. The number of fused-ring (bicyclic) bond motifs is 3. The van der Waals surface area contributed by atoms with Crippen LogP contribution in [0.4, 0.5) is 0 Å². The van der Waals surface area contributed by atoms with Crippen molar-refractivity contribution in [2.75, 3.05) is 0 Å². The van der Waals surface area contributed by atoms with Crippen molar-refractivity contribution < 1.29 is 73.8 Å². The molecular formula is C21H20HfI2. The molecule has 0 heterocycles. The van der Waals surface area contributed by atoms with E-state index in [0.29, 0.717) is 0 Å². The Kier molecular flexibility index (Phi) is 12.7. The topological polar surface area (TPSA) is 0 Å². The predicted molar refractivity (Wildman–Crippen MR) is 88.9 cm³/mol. The van der Waals surface area contributed by atoms with E-state index in [1.165, 1.54) is 40.7 Å². The van der Waals surface area contributed by atoms with Crippen LogP contribution >= 0.6 is 0 Å². The van der Waals surface area contributed by atoms with Gasteiger partial charge in [0.2, 0.25) is 0 Å². The van der Waals surface area contributed by atoms with Crippen molar-refractivity contribution in [2.45, 2.75) is 32.6 Å². The summed E-state index contributed by atoms with van der Waals surface area (Å²) in [7, 11) is 0. The van der Waals surface area contributed by atoms with Crippen molar-refractivity contribution in [2.24, 2.45) is 0 Å². The normalized spacial score (nSPS) is 12.3. The van der Waals surface area contributed by atoms with E-state index in [2.05, 4.69) is 67.6 Å². The monoisotopic (exact) mass is 706 g/mol. The number of halogens is 2. The van der Waals surface area contributed by atoms with Gasteiger partial charge in [-0.05, 0) is 6.42 Å². The molecule has 0 radical (unpaired) electrons. The summed E-state index contributed by atoms with van der Waals surface area (Å²) in [6.45, 7) is 2.20. The Bertz CT molecular complexity index is 646. The molecule has 4 rings (SSSR count). The van der Waals surface area contributed by atoms with E-state index in [0.717, 1.165) is 12.8 Å². The molecule has 2 aromatic rings. The number of hydrogen-bond donors (Lipinski definition) is 0. The van der Waals surface area contributed by atoms with Crippen LogP contribution in [0.2, 0.25) is 0 Å². The zero-order chi connectivity index (χ0) is 14.5. The summed E-state index contributed by atoms with van der Waals surface area (Å²) in [5.74, 6) is 0. The molecule has 0 aliphatic heterocycles. The van der Waals surface area contributed by atoms with Gasteiger partial charge < -0.3 is 48.0 Å². The van der Waals surface area contributed by atoms with Gasteiger partial charge in [-0.15, -0.1) is 12.0 Å². The molecule has 0 aromatic heterocycles. The summed E-state index contributed by atoms with van der Waals surface area (Å²) in [5.41, 5.74) is 6.91. The third kappa shape index (κ3) is 6.20. The summed E-state index contributed by atoms with van der Waals surface area (Å²) in [5, 5.41) is 0. The zero-order valence-electron chi connectivity index (χ0n) is 13.8. The van der Waals surface area contributed by atoms with Gasteiger partial charge in [-0.25, -0.2) is 11.6 Å². The molecule has 0 fully saturated rings. The van der Waals surface area contributed by atoms with Gasteiger partial charge in [-0.1, -0.05) is 55.2 Å². The fourth-order valence-electron chi connectivity index (χ4n) is 2.89. The summed E-state index contributed by atoms with van der Waals surface area (Å²) in [6, 6.07) is 18.1. The van der Waals surface area contributed by atoms with Crippen LogP contribution in [0.5, 0.6) is 0 Å². The Labute approximate surface area is 199 Å². The van der Waals surface area contributed by atoms with E-state index < -0.39 is 0 Å². The molecule has 2 aromatic carbocycles. The molecule has 0 nitrogen and oxygen atoms in total. The summed E-state index contributed by atoms with van der Waals surface area (Å²) < 4.78 is 0. The van der Waals surface area contributed by atoms with Crippen LogP contribution in [0.25, 0.3) is 11.1 Å². The smallest absolute Gasteiger partial charge is 1.00 e. The van der Waals surface area contributed by atoms with E-state index in [9.17, 15) is 0 Å². The SMILES string of the molecule is CCCC1=[C-]CC=C1.[Hf+4].[I-].[I-].[c-]1cccc2c1Cc1ccccc1-2. The first-order valence-electron chi connectivity index (χ1n) is 7.72. The molecule has 0 bridgehead atoms. The van der Waals surface area contributed by atoms with Crippen LogP contribution in [0, 0.1) is 12.1 Å². The molecule has 0 spiro atoms. The molecule has 24 heavy (non-hydrogen) atoms. The molecule has 122 valence electrons. The van der Waals surface area contributed by atoms with Crippen molar-refractivity contribution in [3.63, 3.8) is 0 Å². The van der Waals surface area contributed by atoms with Gasteiger partial charge in [-0.2, -0.15) is 35.9 Å². The third-order valence-corrected chi connectivity index (χ3v) is 3.90. The maximum absolute atomic E-state index is 3.30. The van der Waals surface area contributed by atoms with Crippen LogP contribution in [0.15, 0.2) is 60.2 Å². The average molecular weight is 705 g/mol. The van der Waals surface area contributed by atoms with Gasteiger partial charge in [0.25, 0.3) is 0 Å². The quantitative estimate of drug-likeness (QED) is 0.193. The number of benzene rings is 2. The molecule has 0 amide bonds. The van der Waals surface area contributed by atoms with Crippen LogP contribution < -0.4 is 48.0 Å². The molecule has 2 aliphatic carbocycles. The first-order valence-corrected chi connectivity index (χ1v) is 7.72. The van der Waals surface area contributed by atoms with Crippen LogP contribution in [-0.4, -0.2) is 0 Å². The maximum Gasteiger partial charge on any atom is 4.00 e. The molecule has 3 heteroatoms.